The maximum atomic E-state index is 4.27. The minimum atomic E-state index is 0.285. The number of nitrogens with one attached hydrogen (secondary N) is 1. The van der Waals surface area contributed by atoms with Crippen molar-refractivity contribution in [3.05, 3.63) is 12.2 Å². The molecule has 0 aromatic carbocycles. The predicted molar refractivity (Wildman–Crippen MR) is 70.9 cm³/mol. The molecule has 98 valence electrons. The van der Waals surface area contributed by atoms with Gasteiger partial charge in [0, 0.05) is 19.5 Å². The number of rotatable bonds is 6. The van der Waals surface area contributed by atoms with E-state index in [1.165, 1.54) is 6.42 Å². The summed E-state index contributed by atoms with van der Waals surface area (Å²) >= 11 is 0. The first-order valence-corrected chi connectivity index (χ1v) is 6.51. The summed E-state index contributed by atoms with van der Waals surface area (Å²) in [6, 6.07) is 0.527. The second kappa shape index (κ2) is 6.15. The fraction of sp³-hybridized carbons (Fsp3) is 0.846. The summed E-state index contributed by atoms with van der Waals surface area (Å²) in [7, 11) is 1.95. The zero-order valence-electron chi connectivity index (χ0n) is 11.8. The van der Waals surface area contributed by atoms with Gasteiger partial charge in [-0.3, -0.25) is 4.68 Å². The van der Waals surface area contributed by atoms with Gasteiger partial charge < -0.3 is 5.32 Å². The molecule has 0 amide bonds. The lowest BCUT2D eigenvalue weighted by Gasteiger charge is -2.31. The van der Waals surface area contributed by atoms with E-state index in [-0.39, 0.29) is 5.41 Å². The van der Waals surface area contributed by atoms with Gasteiger partial charge in [-0.05, 0) is 24.8 Å². The Hall–Kier alpha value is -0.900. The van der Waals surface area contributed by atoms with Crippen molar-refractivity contribution >= 4 is 0 Å². The third kappa shape index (κ3) is 4.46. The largest absolute Gasteiger partial charge is 0.313 e. The molecule has 0 saturated carbocycles. The second-order valence-corrected chi connectivity index (χ2v) is 5.71. The Balaban J connectivity index is 2.52. The summed E-state index contributed by atoms with van der Waals surface area (Å²) in [6.07, 6.45) is 4.89. The Labute approximate surface area is 105 Å². The molecule has 0 aliphatic heterocycles. The molecule has 17 heavy (non-hydrogen) atoms. The number of aryl methyl sites for hydroxylation is 2. The van der Waals surface area contributed by atoms with Crippen LogP contribution in [0.4, 0.5) is 0 Å². The van der Waals surface area contributed by atoms with E-state index in [2.05, 4.69) is 43.1 Å². The van der Waals surface area contributed by atoms with E-state index in [1.807, 2.05) is 11.7 Å². The van der Waals surface area contributed by atoms with Crippen LogP contribution in [0.3, 0.4) is 0 Å². The van der Waals surface area contributed by atoms with Crippen LogP contribution in [0.2, 0.25) is 0 Å². The first-order valence-electron chi connectivity index (χ1n) is 6.51. The van der Waals surface area contributed by atoms with Gasteiger partial charge in [-0.15, -0.1) is 0 Å². The van der Waals surface area contributed by atoms with Crippen LogP contribution in [-0.2, 0) is 13.5 Å². The van der Waals surface area contributed by atoms with Crippen LogP contribution in [0, 0.1) is 5.41 Å². The highest BCUT2D eigenvalue weighted by Gasteiger charge is 2.23. The Morgan fingerprint density at radius 3 is 2.59 bits per heavy atom. The van der Waals surface area contributed by atoms with Crippen LogP contribution in [-0.4, -0.2) is 27.4 Å². The fourth-order valence-corrected chi connectivity index (χ4v) is 1.98. The summed E-state index contributed by atoms with van der Waals surface area (Å²) in [5, 5.41) is 7.74. The smallest absolute Gasteiger partial charge is 0.138 e. The van der Waals surface area contributed by atoms with E-state index in [0.29, 0.717) is 6.04 Å². The van der Waals surface area contributed by atoms with Crippen LogP contribution in [0.15, 0.2) is 6.33 Å². The molecule has 0 spiro atoms. The third-order valence-electron chi connectivity index (χ3n) is 3.15. The molecule has 0 aliphatic rings. The van der Waals surface area contributed by atoms with Gasteiger partial charge in [0.05, 0.1) is 0 Å². The van der Waals surface area contributed by atoms with Crippen LogP contribution >= 0.6 is 0 Å². The Morgan fingerprint density at radius 1 is 1.41 bits per heavy atom. The summed E-state index contributed by atoms with van der Waals surface area (Å²) in [6.45, 7) is 10.2. The van der Waals surface area contributed by atoms with Gasteiger partial charge in [0.1, 0.15) is 12.2 Å². The van der Waals surface area contributed by atoms with Gasteiger partial charge in [-0.2, -0.15) is 5.10 Å². The average Bonchev–Trinajstić information content (AvgIpc) is 2.62. The molecular weight excluding hydrogens is 212 g/mol. The Morgan fingerprint density at radius 2 is 2.12 bits per heavy atom. The lowest BCUT2D eigenvalue weighted by atomic mass is 9.84. The molecule has 1 heterocycles. The molecule has 0 fully saturated rings. The number of aromatic nitrogens is 3. The molecule has 4 heteroatoms. The van der Waals surface area contributed by atoms with Gasteiger partial charge in [0.2, 0.25) is 0 Å². The van der Waals surface area contributed by atoms with Gasteiger partial charge in [0.25, 0.3) is 0 Å². The van der Waals surface area contributed by atoms with E-state index in [9.17, 15) is 0 Å². The van der Waals surface area contributed by atoms with Crippen LogP contribution in [0.25, 0.3) is 0 Å². The summed E-state index contributed by atoms with van der Waals surface area (Å²) in [5.41, 5.74) is 0.285. The molecule has 4 nitrogen and oxygen atoms in total. The molecule has 0 bridgehead atoms. The van der Waals surface area contributed by atoms with Crippen molar-refractivity contribution in [3.63, 3.8) is 0 Å². The molecule has 1 unspecified atom stereocenters. The number of hydrogen-bond donors (Lipinski definition) is 1. The highest BCUT2D eigenvalue weighted by molar-refractivity contribution is 4.88. The maximum absolute atomic E-state index is 4.27. The van der Waals surface area contributed by atoms with Gasteiger partial charge >= 0.3 is 0 Å². The molecule has 0 radical (unpaired) electrons. The quantitative estimate of drug-likeness (QED) is 0.826. The van der Waals surface area contributed by atoms with Gasteiger partial charge in [0.15, 0.2) is 0 Å². The van der Waals surface area contributed by atoms with E-state index in [1.54, 1.807) is 6.33 Å². The first-order chi connectivity index (χ1) is 7.95. The first kappa shape index (κ1) is 14.2. The van der Waals surface area contributed by atoms with E-state index in [0.717, 1.165) is 25.2 Å². The lowest BCUT2D eigenvalue weighted by Crippen LogP contribution is -2.41. The normalized spacial score (nSPS) is 13.9. The summed E-state index contributed by atoms with van der Waals surface area (Å²) < 4.78 is 1.86. The average molecular weight is 238 g/mol. The van der Waals surface area contributed by atoms with E-state index in [4.69, 9.17) is 0 Å². The van der Waals surface area contributed by atoms with Crippen molar-refractivity contribution < 1.29 is 0 Å². The molecule has 1 atom stereocenters. The lowest BCUT2D eigenvalue weighted by molar-refractivity contribution is 0.253. The van der Waals surface area contributed by atoms with E-state index >= 15 is 0 Å². The summed E-state index contributed by atoms with van der Waals surface area (Å²) in [5.74, 6) is 1.07. The van der Waals surface area contributed by atoms with Crippen LogP contribution in [0.5, 0.6) is 0 Å². The predicted octanol–water partition coefficient (Wildman–Crippen LogP) is 2.16. The number of hydrogen-bond acceptors (Lipinski definition) is 3. The molecular formula is C13H26N4. The van der Waals surface area contributed by atoms with Crippen LogP contribution < -0.4 is 5.32 Å². The maximum Gasteiger partial charge on any atom is 0.138 e. The minimum Gasteiger partial charge on any atom is -0.313 e. The topological polar surface area (TPSA) is 42.7 Å². The van der Waals surface area contributed by atoms with Crippen LogP contribution in [0.1, 0.15) is 46.4 Å². The van der Waals surface area contributed by atoms with Crippen molar-refractivity contribution in [2.75, 3.05) is 6.54 Å². The minimum absolute atomic E-state index is 0.285. The number of nitrogens with zero attached hydrogens (tertiary/aromatic N) is 3. The van der Waals surface area contributed by atoms with Crippen molar-refractivity contribution in [2.45, 2.75) is 53.0 Å². The monoisotopic (exact) mass is 238 g/mol. The van der Waals surface area contributed by atoms with Crippen molar-refractivity contribution in [3.8, 4) is 0 Å². The van der Waals surface area contributed by atoms with Crippen molar-refractivity contribution in [2.24, 2.45) is 12.5 Å². The Kier molecular flexibility index (Phi) is 5.12. The highest BCUT2D eigenvalue weighted by atomic mass is 15.3. The van der Waals surface area contributed by atoms with E-state index < -0.39 is 0 Å². The second-order valence-electron chi connectivity index (χ2n) is 5.71. The molecule has 1 N–H and O–H groups in total. The highest BCUT2D eigenvalue weighted by Crippen LogP contribution is 2.22. The zero-order valence-corrected chi connectivity index (χ0v) is 11.8. The third-order valence-corrected chi connectivity index (χ3v) is 3.15. The summed E-state index contributed by atoms with van der Waals surface area (Å²) in [4.78, 5) is 4.27. The molecule has 1 rings (SSSR count). The van der Waals surface area contributed by atoms with Crippen molar-refractivity contribution in [1.82, 2.24) is 20.1 Å². The molecule has 1 aromatic rings. The Bertz CT molecular complexity index is 324. The zero-order chi connectivity index (χ0) is 12.9. The van der Waals surface area contributed by atoms with Crippen molar-refractivity contribution in [1.29, 1.82) is 0 Å². The van der Waals surface area contributed by atoms with Gasteiger partial charge in [-0.25, -0.2) is 4.98 Å². The SMILES string of the molecule is CCCNC(CCc1ncnn1C)C(C)(C)C. The molecule has 1 aromatic heterocycles. The fourth-order valence-electron chi connectivity index (χ4n) is 1.98. The van der Waals surface area contributed by atoms with Gasteiger partial charge in [-0.1, -0.05) is 27.7 Å². The standard InChI is InChI=1S/C13H26N4/c1-6-9-14-11(13(2,3)4)7-8-12-15-10-16-17(12)5/h10-11,14H,6-9H2,1-5H3. The molecule has 0 saturated heterocycles. The molecule has 0 aliphatic carbocycles.